The molecule has 2 nitrogen and oxygen atoms in total. The largest absolute Gasteiger partial charge is 0.364 e. The Bertz CT molecular complexity index is 140. The van der Waals surface area contributed by atoms with Crippen LogP contribution >= 0.6 is 0 Å². The molecule has 1 atom stereocenters. The molecule has 0 aromatic carbocycles. The molecule has 0 aliphatic carbocycles. The zero-order valence-electron chi connectivity index (χ0n) is 7.09. The summed E-state index contributed by atoms with van der Waals surface area (Å²) in [6.45, 7) is 5.46. The van der Waals surface area contributed by atoms with E-state index >= 15 is 0 Å². The van der Waals surface area contributed by atoms with Gasteiger partial charge in [-0.1, -0.05) is 6.92 Å². The number of nitrogens with zero attached hydrogens (tertiary/aromatic N) is 2. The van der Waals surface area contributed by atoms with Crippen molar-refractivity contribution in [1.29, 1.82) is 0 Å². The van der Waals surface area contributed by atoms with Crippen molar-refractivity contribution in [2.24, 2.45) is 4.99 Å². The SMILES string of the molecule is CCC1CCN(C)C(C)=N1. The normalized spacial score (nSPS) is 26.5. The third-order valence-corrected chi connectivity index (χ3v) is 2.19. The molecule has 0 aromatic heterocycles. The number of aliphatic imine (C=N–C) groups is 1. The van der Waals surface area contributed by atoms with Crippen molar-refractivity contribution in [3.05, 3.63) is 0 Å². The van der Waals surface area contributed by atoms with Crippen LogP contribution in [-0.2, 0) is 0 Å². The fraction of sp³-hybridized carbons (Fsp3) is 0.875. The third kappa shape index (κ3) is 1.49. The Morgan fingerprint density at radius 2 is 2.40 bits per heavy atom. The molecule has 0 amide bonds. The first-order valence-electron chi connectivity index (χ1n) is 3.99. The van der Waals surface area contributed by atoms with E-state index in [9.17, 15) is 0 Å². The molecule has 1 unspecified atom stereocenters. The van der Waals surface area contributed by atoms with Crippen molar-refractivity contribution in [3.8, 4) is 0 Å². The topological polar surface area (TPSA) is 15.6 Å². The van der Waals surface area contributed by atoms with Crippen LogP contribution in [0, 0.1) is 0 Å². The quantitative estimate of drug-likeness (QED) is 0.539. The van der Waals surface area contributed by atoms with Crippen LogP contribution in [0.3, 0.4) is 0 Å². The summed E-state index contributed by atoms with van der Waals surface area (Å²) in [6.07, 6.45) is 2.41. The van der Waals surface area contributed by atoms with E-state index in [2.05, 4.69) is 30.8 Å². The van der Waals surface area contributed by atoms with Crippen LogP contribution in [0.4, 0.5) is 0 Å². The highest BCUT2D eigenvalue weighted by Crippen LogP contribution is 2.10. The Kier molecular flexibility index (Phi) is 2.30. The summed E-state index contributed by atoms with van der Waals surface area (Å²) < 4.78 is 0. The van der Waals surface area contributed by atoms with Gasteiger partial charge in [0.25, 0.3) is 0 Å². The van der Waals surface area contributed by atoms with Crippen molar-refractivity contribution in [1.82, 2.24) is 4.90 Å². The molecule has 0 saturated carbocycles. The van der Waals surface area contributed by atoms with E-state index < -0.39 is 0 Å². The van der Waals surface area contributed by atoms with Gasteiger partial charge in [-0.25, -0.2) is 0 Å². The van der Waals surface area contributed by atoms with Crippen molar-refractivity contribution >= 4 is 5.84 Å². The van der Waals surface area contributed by atoms with Crippen LogP contribution in [0.1, 0.15) is 26.7 Å². The van der Waals surface area contributed by atoms with Gasteiger partial charge in [-0.05, 0) is 19.8 Å². The van der Waals surface area contributed by atoms with Gasteiger partial charge in [0.1, 0.15) is 0 Å². The lowest BCUT2D eigenvalue weighted by atomic mass is 10.1. The lowest BCUT2D eigenvalue weighted by molar-refractivity contribution is 0.411. The molecule has 2 heteroatoms. The van der Waals surface area contributed by atoms with Gasteiger partial charge in [-0.15, -0.1) is 0 Å². The maximum absolute atomic E-state index is 4.52. The third-order valence-electron chi connectivity index (χ3n) is 2.19. The fourth-order valence-corrected chi connectivity index (χ4v) is 1.23. The second-order valence-electron chi connectivity index (χ2n) is 2.95. The molecule has 1 rings (SSSR count). The van der Waals surface area contributed by atoms with Gasteiger partial charge in [-0.2, -0.15) is 0 Å². The molecule has 0 aromatic rings. The molecule has 0 N–H and O–H groups in total. The zero-order valence-corrected chi connectivity index (χ0v) is 7.09. The fourth-order valence-electron chi connectivity index (χ4n) is 1.23. The van der Waals surface area contributed by atoms with Crippen LogP contribution < -0.4 is 0 Å². The Morgan fingerprint density at radius 3 is 2.90 bits per heavy atom. The lowest BCUT2D eigenvalue weighted by Crippen LogP contribution is -2.33. The van der Waals surface area contributed by atoms with Gasteiger partial charge in [0.15, 0.2) is 0 Å². The van der Waals surface area contributed by atoms with E-state index in [1.54, 1.807) is 0 Å². The molecule has 0 spiro atoms. The molecule has 0 saturated heterocycles. The highest BCUT2D eigenvalue weighted by molar-refractivity contribution is 5.80. The second-order valence-corrected chi connectivity index (χ2v) is 2.95. The molecular weight excluding hydrogens is 124 g/mol. The Hall–Kier alpha value is -0.530. The van der Waals surface area contributed by atoms with Crippen molar-refractivity contribution in [2.45, 2.75) is 32.7 Å². The highest BCUT2D eigenvalue weighted by Gasteiger charge is 2.13. The molecule has 10 heavy (non-hydrogen) atoms. The maximum atomic E-state index is 4.52. The summed E-state index contributed by atoms with van der Waals surface area (Å²) >= 11 is 0. The van der Waals surface area contributed by atoms with Gasteiger partial charge in [-0.3, -0.25) is 4.99 Å². The summed E-state index contributed by atoms with van der Waals surface area (Å²) in [5.41, 5.74) is 0. The maximum Gasteiger partial charge on any atom is 0.0958 e. The Balaban J connectivity index is 2.56. The standard InChI is InChI=1S/C8H16N2/c1-4-8-5-6-10(3)7(2)9-8/h8H,4-6H2,1-3H3. The van der Waals surface area contributed by atoms with Crippen LogP contribution in [-0.4, -0.2) is 30.4 Å². The van der Waals surface area contributed by atoms with E-state index in [-0.39, 0.29) is 0 Å². The highest BCUT2D eigenvalue weighted by atomic mass is 15.2. The van der Waals surface area contributed by atoms with Crippen molar-refractivity contribution in [2.75, 3.05) is 13.6 Å². The molecule has 1 aliphatic rings. The van der Waals surface area contributed by atoms with Gasteiger partial charge in [0.2, 0.25) is 0 Å². The van der Waals surface area contributed by atoms with E-state index in [1.807, 2.05) is 0 Å². The number of hydrogen-bond donors (Lipinski definition) is 0. The minimum absolute atomic E-state index is 0.594. The van der Waals surface area contributed by atoms with Crippen molar-refractivity contribution < 1.29 is 0 Å². The number of rotatable bonds is 1. The van der Waals surface area contributed by atoms with Crippen LogP contribution in [0.5, 0.6) is 0 Å². The van der Waals surface area contributed by atoms with Crippen LogP contribution in [0.15, 0.2) is 4.99 Å². The summed E-state index contributed by atoms with van der Waals surface area (Å²) in [6, 6.07) is 0.594. The number of amidine groups is 1. The van der Waals surface area contributed by atoms with E-state index in [0.717, 1.165) is 0 Å². The molecule has 1 heterocycles. The average molecular weight is 140 g/mol. The van der Waals surface area contributed by atoms with Gasteiger partial charge >= 0.3 is 0 Å². The summed E-state index contributed by atoms with van der Waals surface area (Å²) in [4.78, 5) is 6.74. The minimum Gasteiger partial charge on any atom is -0.364 e. The molecule has 0 radical (unpaired) electrons. The van der Waals surface area contributed by atoms with Gasteiger partial charge < -0.3 is 4.90 Å². The lowest BCUT2D eigenvalue weighted by Gasteiger charge is -2.27. The first kappa shape index (κ1) is 7.58. The smallest absolute Gasteiger partial charge is 0.0958 e. The van der Waals surface area contributed by atoms with E-state index in [4.69, 9.17) is 0 Å². The van der Waals surface area contributed by atoms with Crippen LogP contribution in [0.2, 0.25) is 0 Å². The average Bonchev–Trinajstić information content (AvgIpc) is 1.95. The monoisotopic (exact) mass is 140 g/mol. The van der Waals surface area contributed by atoms with Gasteiger partial charge in [0.05, 0.1) is 11.9 Å². The Labute approximate surface area is 62.9 Å². The van der Waals surface area contributed by atoms with E-state index in [0.29, 0.717) is 6.04 Å². The summed E-state index contributed by atoms with van der Waals surface area (Å²) in [5, 5.41) is 0. The molecule has 0 fully saturated rings. The molecular formula is C8H16N2. The van der Waals surface area contributed by atoms with Gasteiger partial charge in [0, 0.05) is 13.6 Å². The number of hydrogen-bond acceptors (Lipinski definition) is 2. The Morgan fingerprint density at radius 1 is 1.70 bits per heavy atom. The zero-order chi connectivity index (χ0) is 7.56. The first-order chi connectivity index (χ1) is 4.74. The van der Waals surface area contributed by atoms with Crippen molar-refractivity contribution in [3.63, 3.8) is 0 Å². The summed E-state index contributed by atoms with van der Waals surface area (Å²) in [5.74, 6) is 1.19. The predicted molar refractivity (Wildman–Crippen MR) is 44.4 cm³/mol. The first-order valence-corrected chi connectivity index (χ1v) is 3.99. The molecule has 0 bridgehead atoms. The predicted octanol–water partition coefficient (Wildman–Crippen LogP) is 1.52. The molecule has 58 valence electrons. The second kappa shape index (κ2) is 3.04. The van der Waals surface area contributed by atoms with E-state index in [1.165, 1.54) is 25.2 Å². The molecule has 1 aliphatic heterocycles. The summed E-state index contributed by atoms with van der Waals surface area (Å²) in [7, 11) is 2.10. The minimum atomic E-state index is 0.594. The van der Waals surface area contributed by atoms with Crippen LogP contribution in [0.25, 0.3) is 0 Å².